The molecular weight excluding hydrogens is 599 g/mol. The number of hydrogen-bond acceptors (Lipinski definition) is 11. The molecule has 0 spiro atoms. The summed E-state index contributed by atoms with van der Waals surface area (Å²) < 4.78 is 5.63. The van der Waals surface area contributed by atoms with Gasteiger partial charge in [-0.15, -0.1) is 11.3 Å². The lowest BCUT2D eigenvalue weighted by molar-refractivity contribution is 0.0226. The molecule has 0 saturated heterocycles. The Morgan fingerprint density at radius 1 is 1.22 bits per heavy atom. The number of amides is 1. The van der Waals surface area contributed by atoms with Crippen LogP contribution in [0.15, 0.2) is 35.6 Å². The zero-order valence-corrected chi connectivity index (χ0v) is 28.2. The first-order chi connectivity index (χ1) is 21.7. The van der Waals surface area contributed by atoms with Crippen molar-refractivity contribution in [3.05, 3.63) is 62.7 Å². The summed E-state index contributed by atoms with van der Waals surface area (Å²) in [6, 6.07) is 8.00. The first-order valence-electron chi connectivity index (χ1n) is 15.5. The van der Waals surface area contributed by atoms with Crippen LogP contribution in [0.1, 0.15) is 87.6 Å². The fourth-order valence-electron chi connectivity index (χ4n) is 5.41. The smallest absolute Gasteiger partial charge is 0.410 e. The first kappa shape index (κ1) is 32.9. The van der Waals surface area contributed by atoms with E-state index in [1.165, 1.54) is 6.20 Å². The van der Waals surface area contributed by atoms with Gasteiger partial charge in [-0.3, -0.25) is 4.98 Å². The summed E-state index contributed by atoms with van der Waals surface area (Å²) in [5.41, 5.74) is 11.4. The molecule has 6 N–H and O–H groups in total. The standard InChI is InChI=1S/C34H43N9O2S/c1-33(2,3)19-40-30-21(14-36)15-39-29-20(13-35)11-22(12-25(29)30)41-31(27(37)16-43(38)23-7-8-23)26-18-46-28-17-42(10-9-24(26)28)32(44)45-34(4,5)6/h11-12,15-16,18,23,31,41H,7-10,17,19,37-38H2,1-6H3,(H,39,40)/b27-16-. The summed E-state index contributed by atoms with van der Waals surface area (Å²) in [6.07, 6.45) is 5.64. The van der Waals surface area contributed by atoms with Crippen molar-refractivity contribution in [3.8, 4) is 12.1 Å². The SMILES string of the molecule is CC(C)(C)CNc1c(C#N)cnc2c(C#N)cc(NC(/C(N)=C/N(N)C3CC3)c3csc4c3CCN(C(=O)OC(C)(C)C)C4)cc12. The molecule has 5 rings (SSSR count). The van der Waals surface area contributed by atoms with Gasteiger partial charge in [0.1, 0.15) is 17.7 Å². The minimum absolute atomic E-state index is 0.0483. The van der Waals surface area contributed by atoms with Gasteiger partial charge in [-0.2, -0.15) is 10.5 Å². The molecule has 46 heavy (non-hydrogen) atoms. The number of rotatable bonds is 8. The van der Waals surface area contributed by atoms with Gasteiger partial charge in [0, 0.05) is 47.5 Å². The van der Waals surface area contributed by atoms with Gasteiger partial charge in [0.05, 0.1) is 40.6 Å². The lowest BCUT2D eigenvalue weighted by atomic mass is 9.95. The molecule has 2 aliphatic rings. The second-order valence-corrected chi connectivity index (χ2v) is 15.2. The Bertz CT molecular complexity index is 1750. The highest BCUT2D eigenvalue weighted by atomic mass is 32.1. The van der Waals surface area contributed by atoms with Gasteiger partial charge >= 0.3 is 6.09 Å². The number of nitrogens with two attached hydrogens (primary N) is 2. The number of hydrazine groups is 1. The lowest BCUT2D eigenvalue weighted by Crippen LogP contribution is -2.39. The summed E-state index contributed by atoms with van der Waals surface area (Å²) in [6.45, 7) is 13.5. The van der Waals surface area contributed by atoms with Gasteiger partial charge in [-0.25, -0.2) is 10.6 Å². The number of nitrogens with zero attached hydrogens (tertiary/aromatic N) is 5. The van der Waals surface area contributed by atoms with Crippen molar-refractivity contribution in [1.29, 1.82) is 10.5 Å². The van der Waals surface area contributed by atoms with Gasteiger partial charge in [0.2, 0.25) is 0 Å². The molecule has 1 fully saturated rings. The average Bonchev–Trinajstić information content (AvgIpc) is 3.76. The number of carbonyl (C=O) groups is 1. The second-order valence-electron chi connectivity index (χ2n) is 14.2. The van der Waals surface area contributed by atoms with Crippen molar-refractivity contribution in [2.75, 3.05) is 23.7 Å². The number of hydrogen-bond donors (Lipinski definition) is 4. The predicted octanol–water partition coefficient (Wildman–Crippen LogP) is 6.08. The van der Waals surface area contributed by atoms with E-state index in [1.54, 1.807) is 33.5 Å². The molecule has 11 nitrogen and oxygen atoms in total. The van der Waals surface area contributed by atoms with Crippen molar-refractivity contribution >= 4 is 39.7 Å². The Hall–Kier alpha value is -4.52. The number of carbonyl (C=O) groups excluding carboxylic acids is 1. The van der Waals surface area contributed by atoms with Gasteiger partial charge in [-0.1, -0.05) is 20.8 Å². The largest absolute Gasteiger partial charge is 0.444 e. The molecule has 3 heterocycles. The van der Waals surface area contributed by atoms with Crippen LogP contribution in [0.3, 0.4) is 0 Å². The average molecular weight is 642 g/mol. The van der Waals surface area contributed by atoms with Crippen LogP contribution in [0.4, 0.5) is 16.2 Å². The maximum atomic E-state index is 12.8. The number of aromatic nitrogens is 1. The number of thiophene rings is 1. The fraction of sp³-hybridized carbons (Fsp3) is 0.471. The molecule has 1 aliphatic heterocycles. The van der Waals surface area contributed by atoms with E-state index in [2.05, 4.69) is 53.9 Å². The number of fused-ring (bicyclic) bond motifs is 2. The number of nitrogens with one attached hydrogen (secondary N) is 2. The Kier molecular flexibility index (Phi) is 9.07. The Morgan fingerprint density at radius 3 is 2.57 bits per heavy atom. The van der Waals surface area contributed by atoms with Crippen molar-refractivity contribution in [3.63, 3.8) is 0 Å². The van der Waals surface area contributed by atoms with Crippen LogP contribution in [0.5, 0.6) is 0 Å². The molecule has 1 aromatic carbocycles. The summed E-state index contributed by atoms with van der Waals surface area (Å²) in [5, 5.41) is 31.5. The van der Waals surface area contributed by atoms with Crippen LogP contribution in [0.25, 0.3) is 10.9 Å². The fourth-order valence-corrected chi connectivity index (χ4v) is 6.55. The topological polar surface area (TPSA) is 169 Å². The minimum atomic E-state index is -0.574. The van der Waals surface area contributed by atoms with E-state index in [-0.39, 0.29) is 17.6 Å². The molecule has 1 amide bonds. The lowest BCUT2D eigenvalue weighted by Gasteiger charge is -2.31. The third-order valence-electron chi connectivity index (χ3n) is 7.86. The summed E-state index contributed by atoms with van der Waals surface area (Å²) in [7, 11) is 0. The molecule has 0 bridgehead atoms. The van der Waals surface area contributed by atoms with Crippen LogP contribution in [-0.4, -0.2) is 45.7 Å². The second kappa shape index (κ2) is 12.7. The molecular formula is C34H43N9O2S. The number of anilines is 2. The molecule has 3 aromatic rings. The van der Waals surface area contributed by atoms with E-state index in [1.807, 2.05) is 26.8 Å². The van der Waals surface area contributed by atoms with Crippen LogP contribution in [0, 0.1) is 28.1 Å². The first-order valence-corrected chi connectivity index (χ1v) is 16.4. The van der Waals surface area contributed by atoms with E-state index in [4.69, 9.17) is 16.3 Å². The molecule has 1 aliphatic carbocycles. The maximum Gasteiger partial charge on any atom is 0.410 e. The van der Waals surface area contributed by atoms with Gasteiger partial charge < -0.3 is 31.0 Å². The molecule has 1 unspecified atom stereocenters. The Labute approximate surface area is 274 Å². The van der Waals surface area contributed by atoms with E-state index < -0.39 is 11.6 Å². The van der Waals surface area contributed by atoms with Crippen molar-refractivity contribution in [2.45, 2.75) is 85.0 Å². The highest BCUT2D eigenvalue weighted by Gasteiger charge is 2.32. The van der Waals surface area contributed by atoms with Gasteiger partial charge in [0.15, 0.2) is 0 Å². The van der Waals surface area contributed by atoms with Crippen molar-refractivity contribution < 1.29 is 9.53 Å². The quantitative estimate of drug-likeness (QED) is 0.167. The molecule has 242 valence electrons. The molecule has 12 heteroatoms. The molecule has 1 saturated carbocycles. The molecule has 0 radical (unpaired) electrons. The Balaban J connectivity index is 1.55. The zero-order valence-electron chi connectivity index (χ0n) is 27.4. The number of pyridine rings is 1. The van der Waals surface area contributed by atoms with Crippen molar-refractivity contribution in [2.24, 2.45) is 17.0 Å². The van der Waals surface area contributed by atoms with E-state index >= 15 is 0 Å². The molecule has 2 aromatic heterocycles. The predicted molar refractivity (Wildman–Crippen MR) is 181 cm³/mol. The van der Waals surface area contributed by atoms with Gasteiger partial charge in [0.25, 0.3) is 0 Å². The minimum Gasteiger partial charge on any atom is -0.444 e. The third kappa shape index (κ3) is 7.47. The summed E-state index contributed by atoms with van der Waals surface area (Å²) in [5.74, 6) is 6.35. The number of nitriles is 2. The zero-order chi connectivity index (χ0) is 33.4. The van der Waals surface area contributed by atoms with Crippen LogP contribution in [-0.2, 0) is 17.7 Å². The number of benzene rings is 1. The summed E-state index contributed by atoms with van der Waals surface area (Å²) >= 11 is 1.59. The van der Waals surface area contributed by atoms with Crippen LogP contribution in [0.2, 0.25) is 0 Å². The maximum absolute atomic E-state index is 12.8. The van der Waals surface area contributed by atoms with E-state index in [0.717, 1.165) is 28.8 Å². The summed E-state index contributed by atoms with van der Waals surface area (Å²) in [4.78, 5) is 20.1. The van der Waals surface area contributed by atoms with Crippen LogP contribution < -0.4 is 22.2 Å². The third-order valence-corrected chi connectivity index (χ3v) is 8.89. The normalized spacial score (nSPS) is 15.8. The monoisotopic (exact) mass is 641 g/mol. The Morgan fingerprint density at radius 2 is 1.93 bits per heavy atom. The highest BCUT2D eigenvalue weighted by molar-refractivity contribution is 7.10. The van der Waals surface area contributed by atoms with Crippen molar-refractivity contribution in [1.82, 2.24) is 14.9 Å². The van der Waals surface area contributed by atoms with Crippen LogP contribution >= 0.6 is 11.3 Å². The van der Waals surface area contributed by atoms with E-state index in [0.29, 0.717) is 65.2 Å². The number of ether oxygens (including phenoxy) is 1. The molecule has 1 atom stereocenters. The van der Waals surface area contributed by atoms with Gasteiger partial charge in [-0.05, 0) is 74.1 Å². The highest BCUT2D eigenvalue weighted by Crippen LogP contribution is 2.38. The van der Waals surface area contributed by atoms with E-state index in [9.17, 15) is 15.3 Å².